The molecule has 82 valence electrons. The van der Waals surface area contributed by atoms with Gasteiger partial charge in [0.15, 0.2) is 5.78 Å². The predicted octanol–water partition coefficient (Wildman–Crippen LogP) is 4.19. The van der Waals surface area contributed by atoms with Crippen molar-refractivity contribution >= 4 is 65.2 Å². The minimum absolute atomic E-state index is 0.0715. The van der Waals surface area contributed by atoms with Crippen molar-refractivity contribution in [1.82, 2.24) is 0 Å². The standard InChI is InChI=1S/C9H6Br3ClO2/c10-6-2-4(8(15)9(11)12)1-5(3-13)7(6)14/h1-2,9,14H,3H2. The second-order valence-corrected chi connectivity index (χ2v) is 6.95. The fraction of sp³-hybridized carbons (Fsp3) is 0.222. The van der Waals surface area contributed by atoms with E-state index in [0.717, 1.165) is 0 Å². The molecule has 0 spiro atoms. The third-order valence-corrected chi connectivity index (χ3v) is 3.49. The molecule has 6 heteroatoms. The van der Waals surface area contributed by atoms with Crippen LogP contribution in [0.1, 0.15) is 15.9 Å². The first-order valence-electron chi connectivity index (χ1n) is 3.87. The van der Waals surface area contributed by atoms with Crippen molar-refractivity contribution in [2.24, 2.45) is 0 Å². The number of aromatic hydroxyl groups is 1. The SMILES string of the molecule is O=C(c1cc(Br)c(O)c(CCl)c1)C(Br)Br. The molecule has 0 aliphatic heterocycles. The third kappa shape index (κ3) is 3.19. The predicted molar refractivity (Wildman–Crippen MR) is 71.3 cm³/mol. The van der Waals surface area contributed by atoms with Crippen molar-refractivity contribution in [3.05, 3.63) is 27.7 Å². The Balaban J connectivity index is 3.22. The Hall–Kier alpha value is 0.420. The molecule has 1 aromatic rings. The summed E-state index contributed by atoms with van der Waals surface area (Å²) in [6, 6.07) is 3.13. The van der Waals surface area contributed by atoms with Gasteiger partial charge >= 0.3 is 0 Å². The van der Waals surface area contributed by atoms with Crippen LogP contribution in [-0.2, 0) is 5.88 Å². The van der Waals surface area contributed by atoms with Gasteiger partial charge in [-0.05, 0) is 28.1 Å². The van der Waals surface area contributed by atoms with E-state index < -0.39 is 3.74 Å². The molecular formula is C9H6Br3ClO2. The van der Waals surface area contributed by atoms with Crippen LogP contribution in [0.4, 0.5) is 0 Å². The summed E-state index contributed by atoms with van der Waals surface area (Å²) < 4.78 is 0.0225. The molecule has 1 N–H and O–H groups in total. The van der Waals surface area contributed by atoms with Crippen molar-refractivity contribution in [1.29, 1.82) is 0 Å². The molecular weight excluding hydrogens is 415 g/mol. The number of phenols is 1. The highest BCUT2D eigenvalue weighted by atomic mass is 79.9. The lowest BCUT2D eigenvalue weighted by molar-refractivity contribution is 0.101. The number of phenolic OH excluding ortho intramolecular Hbond substituents is 1. The lowest BCUT2D eigenvalue weighted by Crippen LogP contribution is -2.07. The first-order valence-corrected chi connectivity index (χ1v) is 7.03. The van der Waals surface area contributed by atoms with E-state index in [1.807, 2.05) is 0 Å². The summed E-state index contributed by atoms with van der Waals surface area (Å²) in [4.78, 5) is 11.6. The fourth-order valence-corrected chi connectivity index (χ4v) is 2.26. The Morgan fingerprint density at radius 1 is 1.47 bits per heavy atom. The van der Waals surface area contributed by atoms with Gasteiger partial charge in [0.2, 0.25) is 0 Å². The molecule has 0 aromatic heterocycles. The maximum absolute atomic E-state index is 11.6. The van der Waals surface area contributed by atoms with E-state index in [2.05, 4.69) is 47.8 Å². The van der Waals surface area contributed by atoms with Gasteiger partial charge in [0.1, 0.15) is 9.49 Å². The molecule has 15 heavy (non-hydrogen) atoms. The molecule has 0 bridgehead atoms. The van der Waals surface area contributed by atoms with Crippen LogP contribution in [0.15, 0.2) is 16.6 Å². The zero-order chi connectivity index (χ0) is 11.6. The summed E-state index contributed by atoms with van der Waals surface area (Å²) in [6.07, 6.45) is 0. The van der Waals surface area contributed by atoms with Crippen LogP contribution >= 0.6 is 59.4 Å². The van der Waals surface area contributed by atoms with Crippen molar-refractivity contribution in [3.63, 3.8) is 0 Å². The molecule has 0 fully saturated rings. The summed E-state index contributed by atoms with van der Waals surface area (Å²) >= 11 is 15.1. The molecule has 0 heterocycles. The number of carbonyl (C=O) groups is 1. The first kappa shape index (κ1) is 13.5. The Morgan fingerprint density at radius 3 is 2.53 bits per heavy atom. The number of rotatable bonds is 3. The van der Waals surface area contributed by atoms with Gasteiger partial charge in [-0.15, -0.1) is 11.6 Å². The van der Waals surface area contributed by atoms with Crippen LogP contribution in [0.25, 0.3) is 0 Å². The van der Waals surface area contributed by atoms with Gasteiger partial charge in [0.25, 0.3) is 0 Å². The number of alkyl halides is 3. The van der Waals surface area contributed by atoms with E-state index in [1.54, 1.807) is 12.1 Å². The van der Waals surface area contributed by atoms with Crippen molar-refractivity contribution in [2.75, 3.05) is 0 Å². The van der Waals surface area contributed by atoms with Crippen molar-refractivity contribution in [2.45, 2.75) is 9.62 Å². The minimum atomic E-state index is -0.440. The van der Waals surface area contributed by atoms with Gasteiger partial charge in [-0.1, -0.05) is 31.9 Å². The van der Waals surface area contributed by atoms with Crippen LogP contribution in [0.2, 0.25) is 0 Å². The summed E-state index contributed by atoms with van der Waals surface area (Å²) in [5, 5.41) is 9.58. The average molecular weight is 421 g/mol. The van der Waals surface area contributed by atoms with E-state index in [0.29, 0.717) is 15.6 Å². The number of benzene rings is 1. The lowest BCUT2D eigenvalue weighted by atomic mass is 10.1. The summed E-state index contributed by atoms with van der Waals surface area (Å²) in [7, 11) is 0. The van der Waals surface area contributed by atoms with Gasteiger partial charge in [-0.2, -0.15) is 0 Å². The topological polar surface area (TPSA) is 37.3 Å². The molecule has 0 saturated carbocycles. The Labute approximate surface area is 117 Å². The van der Waals surface area contributed by atoms with E-state index in [9.17, 15) is 9.90 Å². The molecule has 0 atom stereocenters. The van der Waals surface area contributed by atoms with Gasteiger partial charge < -0.3 is 5.11 Å². The van der Waals surface area contributed by atoms with Gasteiger partial charge in [0, 0.05) is 11.1 Å². The maximum Gasteiger partial charge on any atom is 0.187 e. The van der Waals surface area contributed by atoms with Crippen molar-refractivity contribution < 1.29 is 9.90 Å². The number of hydrogen-bond acceptors (Lipinski definition) is 2. The largest absolute Gasteiger partial charge is 0.506 e. The summed E-state index contributed by atoms with van der Waals surface area (Å²) in [6.45, 7) is 0. The summed E-state index contributed by atoms with van der Waals surface area (Å²) in [5.41, 5.74) is 1.00. The Morgan fingerprint density at radius 2 is 2.07 bits per heavy atom. The van der Waals surface area contributed by atoms with E-state index in [4.69, 9.17) is 11.6 Å². The smallest absolute Gasteiger partial charge is 0.187 e. The Bertz CT molecular complexity index is 393. The number of carbonyl (C=O) groups excluding carboxylic acids is 1. The second-order valence-electron chi connectivity index (χ2n) is 2.76. The minimum Gasteiger partial charge on any atom is -0.506 e. The number of Topliss-reactive ketones (excluding diaryl/α,β-unsaturated/α-hetero) is 1. The van der Waals surface area contributed by atoms with Crippen LogP contribution < -0.4 is 0 Å². The molecule has 0 amide bonds. The molecule has 1 aromatic carbocycles. The van der Waals surface area contributed by atoms with E-state index >= 15 is 0 Å². The first-order chi connectivity index (χ1) is 6.97. The maximum atomic E-state index is 11.6. The molecule has 0 aliphatic carbocycles. The number of hydrogen-bond donors (Lipinski definition) is 1. The number of ketones is 1. The molecule has 0 saturated heterocycles. The zero-order valence-corrected chi connectivity index (χ0v) is 12.8. The van der Waals surface area contributed by atoms with E-state index in [-0.39, 0.29) is 17.4 Å². The van der Waals surface area contributed by atoms with Crippen LogP contribution in [0, 0.1) is 0 Å². The highest BCUT2D eigenvalue weighted by molar-refractivity contribution is 9.25. The second kappa shape index (κ2) is 5.66. The molecule has 0 radical (unpaired) electrons. The van der Waals surface area contributed by atoms with E-state index in [1.165, 1.54) is 0 Å². The average Bonchev–Trinajstić information content (AvgIpc) is 2.20. The number of halogens is 4. The fourth-order valence-electron chi connectivity index (χ4n) is 1.03. The van der Waals surface area contributed by atoms with Gasteiger partial charge in [-0.25, -0.2) is 0 Å². The highest BCUT2D eigenvalue weighted by Crippen LogP contribution is 2.31. The monoisotopic (exact) mass is 418 g/mol. The highest BCUT2D eigenvalue weighted by Gasteiger charge is 2.17. The molecule has 0 aliphatic rings. The zero-order valence-electron chi connectivity index (χ0n) is 7.31. The van der Waals surface area contributed by atoms with Gasteiger partial charge in [0.05, 0.1) is 10.4 Å². The molecule has 2 nitrogen and oxygen atoms in total. The van der Waals surface area contributed by atoms with Crippen molar-refractivity contribution in [3.8, 4) is 5.75 Å². The van der Waals surface area contributed by atoms with Crippen LogP contribution in [-0.4, -0.2) is 14.6 Å². The third-order valence-electron chi connectivity index (χ3n) is 1.77. The van der Waals surface area contributed by atoms with Gasteiger partial charge in [-0.3, -0.25) is 4.79 Å². The summed E-state index contributed by atoms with van der Waals surface area (Å²) in [5.74, 6) is 0.102. The van der Waals surface area contributed by atoms with Crippen LogP contribution in [0.5, 0.6) is 5.75 Å². The van der Waals surface area contributed by atoms with Crippen LogP contribution in [0.3, 0.4) is 0 Å². The Kier molecular flexibility index (Phi) is 5.09. The molecule has 1 rings (SSSR count). The normalized spacial score (nSPS) is 10.7. The lowest BCUT2D eigenvalue weighted by Gasteiger charge is -2.07. The quantitative estimate of drug-likeness (QED) is 0.587. The molecule has 0 unspecified atom stereocenters.